The molecule has 1 N–H and O–H groups in total. The number of ether oxygens (including phenoxy) is 2. The van der Waals surface area contributed by atoms with Crippen molar-refractivity contribution in [2.24, 2.45) is 0 Å². The highest BCUT2D eigenvalue weighted by Gasteiger charge is 2.23. The van der Waals surface area contributed by atoms with Crippen LogP contribution in [0.25, 0.3) is 0 Å². The van der Waals surface area contributed by atoms with Crippen LogP contribution in [0.3, 0.4) is 0 Å². The van der Waals surface area contributed by atoms with Gasteiger partial charge in [-0.25, -0.2) is 9.78 Å². The molecule has 6 heteroatoms. The fourth-order valence-corrected chi connectivity index (χ4v) is 3.69. The van der Waals surface area contributed by atoms with Crippen molar-refractivity contribution in [2.75, 3.05) is 12.4 Å². The summed E-state index contributed by atoms with van der Waals surface area (Å²) in [5.41, 5.74) is 3.67. The molecular weight excluding hydrogens is 408 g/mol. The molecule has 2 aromatic rings. The van der Waals surface area contributed by atoms with Crippen LogP contribution < -0.4 is 10.1 Å². The first kappa shape index (κ1) is 21.2. The molecule has 146 valence electrons. The average molecular weight is 435 g/mol. The van der Waals surface area contributed by atoms with Crippen molar-refractivity contribution in [3.05, 3.63) is 45.1 Å². The van der Waals surface area contributed by atoms with Crippen LogP contribution in [-0.4, -0.2) is 24.1 Å². The van der Waals surface area contributed by atoms with Crippen molar-refractivity contribution in [3.63, 3.8) is 0 Å². The molecule has 1 heterocycles. The van der Waals surface area contributed by atoms with E-state index in [1.807, 2.05) is 39.0 Å². The molecule has 0 unspecified atom stereocenters. The van der Waals surface area contributed by atoms with E-state index in [0.717, 1.165) is 34.1 Å². The molecule has 27 heavy (non-hydrogen) atoms. The molecule has 0 saturated heterocycles. The zero-order valence-corrected chi connectivity index (χ0v) is 18.4. The van der Waals surface area contributed by atoms with Crippen LogP contribution in [-0.2, 0) is 4.74 Å². The van der Waals surface area contributed by atoms with E-state index in [1.165, 1.54) is 7.11 Å². The number of carbonyl (C=O) groups excluding carboxylic acids is 1. The maximum atomic E-state index is 12.5. The molecule has 0 aliphatic carbocycles. The predicted molar refractivity (Wildman–Crippen MR) is 112 cm³/mol. The van der Waals surface area contributed by atoms with E-state index in [9.17, 15) is 4.79 Å². The van der Waals surface area contributed by atoms with E-state index in [2.05, 4.69) is 40.1 Å². The van der Waals surface area contributed by atoms with Gasteiger partial charge in [-0.2, -0.15) is 0 Å². The number of hydrogen-bond donors (Lipinski definition) is 1. The van der Waals surface area contributed by atoms with Gasteiger partial charge in [0.1, 0.15) is 11.3 Å². The Morgan fingerprint density at radius 3 is 2.26 bits per heavy atom. The Morgan fingerprint density at radius 1 is 1.15 bits per heavy atom. The summed E-state index contributed by atoms with van der Waals surface area (Å²) in [6, 6.07) is 6.05. The second-order valence-corrected chi connectivity index (χ2v) is 7.53. The number of aromatic nitrogens is 1. The average Bonchev–Trinajstić information content (AvgIpc) is 2.61. The number of halogens is 1. The monoisotopic (exact) mass is 434 g/mol. The first-order valence-electron chi connectivity index (χ1n) is 9.11. The van der Waals surface area contributed by atoms with Gasteiger partial charge in [0.15, 0.2) is 0 Å². The lowest BCUT2D eigenvalue weighted by molar-refractivity contribution is 0.0598. The number of methoxy groups -OCH3 is 1. The third kappa shape index (κ3) is 5.01. The topological polar surface area (TPSA) is 60.5 Å². The largest absolute Gasteiger partial charge is 0.465 e. The van der Waals surface area contributed by atoms with Gasteiger partial charge < -0.3 is 14.8 Å². The third-order valence-corrected chi connectivity index (χ3v) is 4.93. The van der Waals surface area contributed by atoms with E-state index >= 15 is 0 Å². The van der Waals surface area contributed by atoms with Crippen molar-refractivity contribution >= 4 is 27.6 Å². The first-order chi connectivity index (χ1) is 12.8. The Morgan fingerprint density at radius 2 is 1.74 bits per heavy atom. The summed E-state index contributed by atoms with van der Waals surface area (Å²) >= 11 is 3.49. The minimum absolute atomic E-state index is 0.249. The molecule has 0 atom stereocenters. The standard InChI is InChI=1S/C21H27BrN2O3/c1-7-16(8-2)24-17-11-14(5)23-20(18(17)21(25)26-6)27-19-12(3)9-15(22)10-13(19)4/h9-11,16H,7-8H2,1-6H3,(H,23,24). The lowest BCUT2D eigenvalue weighted by Crippen LogP contribution is -2.20. The highest BCUT2D eigenvalue weighted by Crippen LogP contribution is 2.35. The molecule has 2 rings (SSSR count). The van der Waals surface area contributed by atoms with Crippen LogP contribution in [0, 0.1) is 20.8 Å². The number of pyridine rings is 1. The van der Waals surface area contributed by atoms with Crippen molar-refractivity contribution < 1.29 is 14.3 Å². The Balaban J connectivity index is 2.58. The lowest BCUT2D eigenvalue weighted by Gasteiger charge is -2.21. The van der Waals surface area contributed by atoms with Gasteiger partial charge in [0, 0.05) is 16.2 Å². The van der Waals surface area contributed by atoms with Crippen molar-refractivity contribution in [2.45, 2.75) is 53.5 Å². The van der Waals surface area contributed by atoms with Gasteiger partial charge in [0.05, 0.1) is 12.8 Å². The maximum absolute atomic E-state index is 12.5. The normalized spacial score (nSPS) is 10.8. The SMILES string of the molecule is CCC(CC)Nc1cc(C)nc(Oc2c(C)cc(Br)cc2C)c1C(=O)OC. The van der Waals surface area contributed by atoms with E-state index < -0.39 is 5.97 Å². The third-order valence-electron chi connectivity index (χ3n) is 4.47. The summed E-state index contributed by atoms with van der Waals surface area (Å²) in [6.45, 7) is 10.0. The Labute approximate surface area is 169 Å². The summed E-state index contributed by atoms with van der Waals surface area (Å²) in [7, 11) is 1.36. The molecule has 0 amide bonds. The van der Waals surface area contributed by atoms with E-state index in [4.69, 9.17) is 9.47 Å². The highest BCUT2D eigenvalue weighted by molar-refractivity contribution is 9.10. The van der Waals surface area contributed by atoms with Gasteiger partial charge in [-0.15, -0.1) is 0 Å². The van der Waals surface area contributed by atoms with Crippen LogP contribution in [0.2, 0.25) is 0 Å². The van der Waals surface area contributed by atoms with Gasteiger partial charge in [0.2, 0.25) is 5.88 Å². The Bertz CT molecular complexity index is 809. The number of aryl methyl sites for hydroxylation is 3. The maximum Gasteiger partial charge on any atom is 0.345 e. The van der Waals surface area contributed by atoms with Crippen LogP contribution in [0.5, 0.6) is 11.6 Å². The van der Waals surface area contributed by atoms with Crippen molar-refractivity contribution in [1.29, 1.82) is 0 Å². The number of benzene rings is 1. The molecule has 0 spiro atoms. The molecule has 0 saturated carbocycles. The molecule has 0 bridgehead atoms. The molecule has 0 radical (unpaired) electrons. The summed E-state index contributed by atoms with van der Waals surface area (Å²) < 4.78 is 12.1. The van der Waals surface area contributed by atoms with Crippen molar-refractivity contribution in [1.82, 2.24) is 4.98 Å². The minimum atomic E-state index is -0.474. The van der Waals surface area contributed by atoms with Crippen LogP contribution >= 0.6 is 15.9 Å². The number of hydrogen-bond acceptors (Lipinski definition) is 5. The Hall–Kier alpha value is -2.08. The number of rotatable bonds is 7. The molecule has 0 aliphatic heterocycles. The molecular formula is C21H27BrN2O3. The smallest absolute Gasteiger partial charge is 0.345 e. The molecule has 5 nitrogen and oxygen atoms in total. The van der Waals surface area contributed by atoms with Gasteiger partial charge >= 0.3 is 5.97 Å². The number of esters is 1. The quantitative estimate of drug-likeness (QED) is 0.545. The summed E-state index contributed by atoms with van der Waals surface area (Å²) in [6.07, 6.45) is 1.89. The van der Waals surface area contributed by atoms with E-state index in [0.29, 0.717) is 17.0 Å². The van der Waals surface area contributed by atoms with Gasteiger partial charge in [-0.3, -0.25) is 0 Å². The van der Waals surface area contributed by atoms with Crippen LogP contribution in [0.4, 0.5) is 5.69 Å². The minimum Gasteiger partial charge on any atom is -0.465 e. The first-order valence-corrected chi connectivity index (χ1v) is 9.91. The molecule has 0 fully saturated rings. The second-order valence-electron chi connectivity index (χ2n) is 6.61. The number of carbonyl (C=O) groups is 1. The van der Waals surface area contributed by atoms with E-state index in [1.54, 1.807) is 0 Å². The highest BCUT2D eigenvalue weighted by atomic mass is 79.9. The number of anilines is 1. The zero-order chi connectivity index (χ0) is 20.1. The molecule has 1 aromatic heterocycles. The number of nitrogens with one attached hydrogen (secondary N) is 1. The fourth-order valence-electron chi connectivity index (χ4n) is 3.00. The van der Waals surface area contributed by atoms with Gasteiger partial charge in [-0.05, 0) is 62.9 Å². The molecule has 0 aliphatic rings. The van der Waals surface area contributed by atoms with Gasteiger partial charge in [-0.1, -0.05) is 29.8 Å². The second kappa shape index (κ2) is 9.22. The van der Waals surface area contributed by atoms with E-state index in [-0.39, 0.29) is 11.9 Å². The summed E-state index contributed by atoms with van der Waals surface area (Å²) in [5, 5.41) is 3.44. The Kier molecular flexibility index (Phi) is 7.25. The molecule has 1 aromatic carbocycles. The number of nitrogens with zero attached hydrogens (tertiary/aromatic N) is 1. The van der Waals surface area contributed by atoms with Gasteiger partial charge in [0.25, 0.3) is 0 Å². The summed E-state index contributed by atoms with van der Waals surface area (Å²) in [5.74, 6) is 0.470. The van der Waals surface area contributed by atoms with Crippen LogP contribution in [0.15, 0.2) is 22.7 Å². The van der Waals surface area contributed by atoms with Crippen molar-refractivity contribution in [3.8, 4) is 11.6 Å². The fraction of sp³-hybridized carbons (Fsp3) is 0.429. The lowest BCUT2D eigenvalue weighted by atomic mass is 10.1. The predicted octanol–water partition coefficient (Wildman–Crippen LogP) is 5.95. The summed E-state index contributed by atoms with van der Waals surface area (Å²) in [4.78, 5) is 17.0. The zero-order valence-electron chi connectivity index (χ0n) is 16.8. The van der Waals surface area contributed by atoms with Crippen LogP contribution in [0.1, 0.15) is 53.9 Å².